The van der Waals surface area contributed by atoms with Crippen LogP contribution in [0.5, 0.6) is 11.5 Å². The van der Waals surface area contributed by atoms with Gasteiger partial charge in [0.2, 0.25) is 5.91 Å². The van der Waals surface area contributed by atoms with Gasteiger partial charge in [-0.05, 0) is 163 Å². The van der Waals surface area contributed by atoms with Gasteiger partial charge in [0.15, 0.2) is 23.1 Å². The fraction of sp³-hybridized carbons (Fsp3) is 0.210. The topological polar surface area (TPSA) is 232 Å². The van der Waals surface area contributed by atoms with E-state index in [9.17, 15) is 45.5 Å². The molecule has 0 radical (unpaired) electrons. The first-order chi connectivity index (χ1) is 51.3. The lowest BCUT2D eigenvalue weighted by atomic mass is 10.1. The fourth-order valence-electron chi connectivity index (χ4n) is 10.3. The lowest BCUT2D eigenvalue weighted by molar-refractivity contribution is -0.168. The van der Waals surface area contributed by atoms with Crippen molar-refractivity contribution in [2.24, 2.45) is 0 Å². The quantitative estimate of drug-likeness (QED) is 0.0248. The van der Waals surface area contributed by atoms with E-state index in [-0.39, 0.29) is 47.2 Å². The van der Waals surface area contributed by atoms with Gasteiger partial charge in [0.25, 0.3) is 0 Å². The Kier molecular flexibility index (Phi) is 32.3. The summed E-state index contributed by atoms with van der Waals surface area (Å²) in [6.45, 7) is 3.71. The number of fused-ring (bicyclic) bond motifs is 2. The number of halogens is 8. The first kappa shape index (κ1) is 82.7. The molecule has 0 unspecified atom stereocenters. The van der Waals surface area contributed by atoms with E-state index in [0.29, 0.717) is 118 Å². The number of aromatic amines is 2. The molecule has 4 aromatic heterocycles. The van der Waals surface area contributed by atoms with Gasteiger partial charge in [-0.2, -0.15) is 0 Å². The normalized spacial score (nSPS) is 10.7. The molecule has 0 aliphatic carbocycles. The van der Waals surface area contributed by atoms with E-state index in [2.05, 4.69) is 39.9 Å². The first-order valence-corrected chi connectivity index (χ1v) is 34.0. The number of methoxy groups -OCH3 is 2. The van der Waals surface area contributed by atoms with Crippen LogP contribution in [-0.4, -0.2) is 122 Å². The van der Waals surface area contributed by atoms with Crippen molar-refractivity contribution >= 4 is 69.7 Å². The van der Waals surface area contributed by atoms with Gasteiger partial charge in [0, 0.05) is 95.7 Å². The van der Waals surface area contributed by atoms with E-state index < -0.39 is 5.97 Å². The first-order valence-electron chi connectivity index (χ1n) is 33.2. The van der Waals surface area contributed by atoms with E-state index >= 15 is 0 Å². The summed E-state index contributed by atoms with van der Waals surface area (Å²) in [6, 6.07) is 42.5. The summed E-state index contributed by atoms with van der Waals surface area (Å²) in [7, 11) is 9.88. The summed E-state index contributed by atoms with van der Waals surface area (Å²) < 4.78 is 87.5. The Morgan fingerprint density at radius 1 is 0.514 bits per heavy atom. The Hall–Kier alpha value is -11.6. The van der Waals surface area contributed by atoms with Gasteiger partial charge in [0.05, 0.1) is 42.5 Å². The van der Waals surface area contributed by atoms with Crippen molar-refractivity contribution in [2.45, 2.75) is 71.6 Å². The molecule has 0 fully saturated rings. The zero-order chi connectivity index (χ0) is 77.5. The second kappa shape index (κ2) is 41.8. The Morgan fingerprint density at radius 2 is 0.972 bits per heavy atom. The number of carbonyl (C=O) groups excluding carboxylic acids is 3. The van der Waals surface area contributed by atoms with Crippen LogP contribution in [0, 0.1) is 48.8 Å². The third kappa shape index (κ3) is 26.5. The SMILES string of the molecule is CN(C)C=C(C=O)Cc1ccc(F)cc1.CON(C)C(=O)CCc1ccc(F)cc1.COc1c(-c2ncc(Cc3ccc(F)cc3)cn2)cc(Cl)c2nc(C)[nH]c12.COc1c(-c2nccc(Cc3cccc(F)c3)n2)cc(Cl)c2nc(C)[nH]c12.O=C(O)CCc1ccc(F)cc1.O=CCCc1ccc(F)cc1. The van der Waals surface area contributed by atoms with Crippen LogP contribution in [-0.2, 0) is 62.5 Å². The molecule has 1 amide bonds. The number of aldehydes is 2. The molecule has 0 spiro atoms. The van der Waals surface area contributed by atoms with Crippen LogP contribution in [0.1, 0.15) is 75.5 Å². The van der Waals surface area contributed by atoms with Crippen molar-refractivity contribution in [1.29, 1.82) is 0 Å². The lowest BCUT2D eigenvalue weighted by Crippen LogP contribution is -2.25. The van der Waals surface area contributed by atoms with Crippen molar-refractivity contribution in [3.63, 3.8) is 0 Å². The van der Waals surface area contributed by atoms with E-state index in [0.717, 1.165) is 74.4 Å². The van der Waals surface area contributed by atoms with Crippen LogP contribution >= 0.6 is 23.2 Å². The zero-order valence-electron chi connectivity index (χ0n) is 59.8. The molecule has 107 heavy (non-hydrogen) atoms. The maximum Gasteiger partial charge on any atom is 0.303 e. The van der Waals surface area contributed by atoms with Crippen molar-refractivity contribution in [2.75, 3.05) is 42.5 Å². The monoisotopic (exact) mass is 1500 g/mol. The summed E-state index contributed by atoms with van der Waals surface area (Å²) in [5.41, 5.74) is 12.0. The number of aryl methyl sites for hydroxylation is 5. The molecular formula is C81H78Cl2F6N10O8. The number of nitrogens with one attached hydrogen (secondary N) is 2. The third-order valence-corrected chi connectivity index (χ3v) is 16.1. The van der Waals surface area contributed by atoms with E-state index in [4.69, 9.17) is 42.6 Å². The highest BCUT2D eigenvalue weighted by Gasteiger charge is 2.21. The number of imidazole rings is 2. The molecular weight excluding hydrogens is 1430 g/mol. The summed E-state index contributed by atoms with van der Waals surface area (Å²) in [5.74, 6) is 1.15. The number of hydrogen-bond donors (Lipinski definition) is 3. The molecule has 0 aliphatic rings. The van der Waals surface area contributed by atoms with Gasteiger partial charge in [-0.25, -0.2) is 61.3 Å². The zero-order valence-corrected chi connectivity index (χ0v) is 61.3. The minimum atomic E-state index is -0.834. The molecule has 18 nitrogen and oxygen atoms in total. The minimum absolute atomic E-state index is 0.0889. The number of hydroxylamine groups is 2. The van der Waals surface area contributed by atoms with Crippen molar-refractivity contribution in [3.05, 3.63) is 295 Å². The molecule has 12 aromatic rings. The Bertz CT molecular complexity index is 4900. The van der Waals surface area contributed by atoms with E-state index in [1.807, 2.05) is 38.9 Å². The van der Waals surface area contributed by atoms with Gasteiger partial charge in [-0.15, -0.1) is 0 Å². The second-order valence-electron chi connectivity index (χ2n) is 24.0. The maximum absolute atomic E-state index is 13.4. The van der Waals surface area contributed by atoms with Crippen LogP contribution in [0.3, 0.4) is 0 Å². The van der Waals surface area contributed by atoms with Gasteiger partial charge >= 0.3 is 5.97 Å². The highest BCUT2D eigenvalue weighted by molar-refractivity contribution is 6.36. The molecule has 12 rings (SSSR count). The minimum Gasteiger partial charge on any atom is -0.494 e. The number of aliphatic carboxylic acids is 1. The highest BCUT2D eigenvalue weighted by atomic mass is 35.5. The number of carboxylic acid groups (broad SMARTS) is 1. The van der Waals surface area contributed by atoms with Crippen LogP contribution in [0.2, 0.25) is 10.0 Å². The largest absolute Gasteiger partial charge is 0.494 e. The third-order valence-electron chi connectivity index (χ3n) is 15.6. The number of aromatic nitrogens is 8. The molecule has 8 aromatic carbocycles. The molecule has 4 heterocycles. The molecule has 556 valence electrons. The van der Waals surface area contributed by atoms with E-state index in [1.54, 1.807) is 131 Å². The molecule has 0 aliphatic heterocycles. The molecule has 0 saturated carbocycles. The predicted molar refractivity (Wildman–Crippen MR) is 401 cm³/mol. The molecule has 0 saturated heterocycles. The van der Waals surface area contributed by atoms with Gasteiger partial charge < -0.3 is 34.2 Å². The van der Waals surface area contributed by atoms with Gasteiger partial charge in [-0.3, -0.25) is 19.2 Å². The number of rotatable bonds is 22. The van der Waals surface area contributed by atoms with Crippen molar-refractivity contribution in [3.8, 4) is 34.3 Å². The van der Waals surface area contributed by atoms with Crippen LogP contribution in [0.25, 0.3) is 44.8 Å². The van der Waals surface area contributed by atoms with Crippen molar-refractivity contribution in [1.82, 2.24) is 49.8 Å². The van der Waals surface area contributed by atoms with Crippen molar-refractivity contribution < 1.29 is 64.9 Å². The van der Waals surface area contributed by atoms with Gasteiger partial charge in [0.1, 0.15) is 81.2 Å². The fourth-order valence-corrected chi connectivity index (χ4v) is 10.8. The number of nitrogens with zero attached hydrogens (tertiary/aromatic N) is 8. The Labute approximate surface area is 625 Å². The summed E-state index contributed by atoms with van der Waals surface area (Å²) in [6.07, 6.45) is 13.0. The summed E-state index contributed by atoms with van der Waals surface area (Å²) >= 11 is 12.8. The average Bonchev–Trinajstić information content (AvgIpc) is 1.70. The number of carbonyl (C=O) groups is 4. The predicted octanol–water partition coefficient (Wildman–Crippen LogP) is 17.0. The van der Waals surface area contributed by atoms with Crippen LogP contribution in [0.15, 0.2) is 194 Å². The van der Waals surface area contributed by atoms with E-state index in [1.165, 1.54) is 85.0 Å². The van der Waals surface area contributed by atoms with Crippen LogP contribution < -0.4 is 9.47 Å². The average molecular weight is 1500 g/mol. The molecule has 26 heteroatoms. The standard InChI is InChI=1S/2C20H16ClFN4O.C12H14FNO.C11H14FNO2.C9H9FO2.C9H9FO/c1-11-25-17-16(21)8-15(19(27-2)18(17)26-11)20-23-9-13(10-24-20)7-12-3-5-14(22)6-4-12;1-11-24-17-16(21)10-15(19(27-2)18(17)25-11)20-23-7-6-14(26-20)9-12-4-3-5-13(22)8-12;1-14(2)8-11(9-15)7-10-3-5-12(13)6-4-10;1-13(15-2)11(14)8-5-9-3-6-10(12)7-4-9;10-8-4-1-7(2-5-8)3-6-9(11)12;10-9-5-3-8(4-6-9)2-1-7-11/h3-6,8-10H,7H2,1-2H3,(H,25,26);3-8,10H,9H2,1-2H3,(H,24,25);3-6,8-9H,7H2,1-2H3;3-4,6-7H,5,8H2,1-2H3;1-2,4-5H,3,6H2,(H,11,12);3-7H,1-2H2. The number of H-pyrrole nitrogens is 2. The summed E-state index contributed by atoms with van der Waals surface area (Å²) in [4.78, 5) is 81.8. The highest BCUT2D eigenvalue weighted by Crippen LogP contribution is 2.40. The van der Waals surface area contributed by atoms with Crippen LogP contribution in [0.4, 0.5) is 26.3 Å². The maximum atomic E-state index is 13.4. The number of hydrogen-bond acceptors (Lipinski definition) is 14. The Balaban J connectivity index is 0.000000186. The van der Waals surface area contributed by atoms with Gasteiger partial charge in [-0.1, -0.05) is 96.0 Å². The molecule has 0 bridgehead atoms. The number of allylic oxidation sites excluding steroid dienone is 1. The molecule has 0 atom stereocenters. The number of ether oxygens (including phenoxy) is 2. The summed E-state index contributed by atoms with van der Waals surface area (Å²) in [5, 5.41) is 10.5. The number of carboxylic acids is 1. The lowest BCUT2D eigenvalue weighted by Gasteiger charge is -2.13. The smallest absolute Gasteiger partial charge is 0.303 e. The number of amides is 1. The number of benzene rings is 8. The Morgan fingerprint density at radius 3 is 1.41 bits per heavy atom. The second-order valence-corrected chi connectivity index (χ2v) is 24.8. The molecule has 3 N–H and O–H groups in total.